The lowest BCUT2D eigenvalue weighted by Crippen LogP contribution is -2.40. The third-order valence-corrected chi connectivity index (χ3v) is 5.91. The number of hydrogen-bond donors (Lipinski definition) is 2. The third kappa shape index (κ3) is 5.39. The minimum absolute atomic E-state index is 0.0295. The summed E-state index contributed by atoms with van der Waals surface area (Å²) >= 11 is 0. The second-order valence-electron chi connectivity index (χ2n) is 8.72. The Labute approximate surface area is 186 Å². The first kappa shape index (κ1) is 22.1. The van der Waals surface area contributed by atoms with Gasteiger partial charge in [-0.05, 0) is 50.3 Å². The minimum Gasteiger partial charge on any atom is -0.367 e. The van der Waals surface area contributed by atoms with E-state index in [0.29, 0.717) is 17.8 Å². The van der Waals surface area contributed by atoms with E-state index < -0.39 is 11.7 Å². The summed E-state index contributed by atoms with van der Waals surface area (Å²) in [7, 11) is 0. The molecule has 0 saturated heterocycles. The highest BCUT2D eigenvalue weighted by Gasteiger charge is 2.30. The summed E-state index contributed by atoms with van der Waals surface area (Å²) in [5.41, 5.74) is 2.67. The van der Waals surface area contributed by atoms with Gasteiger partial charge in [-0.15, -0.1) is 0 Å². The summed E-state index contributed by atoms with van der Waals surface area (Å²) in [5.74, 6) is -3.11. The first-order valence-corrected chi connectivity index (χ1v) is 11.0. The van der Waals surface area contributed by atoms with Gasteiger partial charge < -0.3 is 10.6 Å². The number of nitrogens with one attached hydrogen (secondary N) is 2. The zero-order valence-corrected chi connectivity index (χ0v) is 18.4. The van der Waals surface area contributed by atoms with Gasteiger partial charge in [0.1, 0.15) is 5.82 Å². The highest BCUT2D eigenvalue weighted by molar-refractivity contribution is 5.89. The van der Waals surface area contributed by atoms with E-state index in [2.05, 4.69) is 20.6 Å². The fourth-order valence-corrected chi connectivity index (χ4v) is 4.13. The van der Waals surface area contributed by atoms with Crippen LogP contribution >= 0.6 is 0 Å². The Morgan fingerprint density at radius 2 is 1.66 bits per heavy atom. The molecule has 2 N–H and O–H groups in total. The molecule has 1 aromatic heterocycles. The molecule has 0 bridgehead atoms. The Morgan fingerprint density at radius 1 is 1.00 bits per heavy atom. The number of alkyl halides is 2. The van der Waals surface area contributed by atoms with Crippen LogP contribution in [0.2, 0.25) is 0 Å². The summed E-state index contributed by atoms with van der Waals surface area (Å²) in [6.07, 6.45) is 3.69. The average molecular weight is 439 g/mol. The van der Waals surface area contributed by atoms with Gasteiger partial charge in [0.25, 0.3) is 0 Å². The molecule has 32 heavy (non-hydrogen) atoms. The van der Waals surface area contributed by atoms with Gasteiger partial charge in [0.15, 0.2) is 0 Å². The molecule has 168 valence electrons. The Kier molecular flexibility index (Phi) is 6.35. The number of para-hydroxylation sites is 1. The molecular formula is C25H28F2N4O. The standard InChI is InChI=1S/C25H28F2N4O/c1-16-7-9-17(10-8-16)15-22(32)28-18-11-13-19(14-12-18)29-23-20-5-3-4-6-21(20)30-24(31-23)25(2,26)27/h3-10,18-19H,11-15H2,1-2H3,(H,28,32)(H,29,30,31). The molecule has 0 unspecified atom stereocenters. The molecule has 1 saturated carbocycles. The molecule has 1 aliphatic rings. The van der Waals surface area contributed by atoms with Crippen molar-refractivity contribution in [2.45, 2.75) is 64.0 Å². The Hall–Kier alpha value is -3.09. The van der Waals surface area contributed by atoms with Crippen LogP contribution in [0.25, 0.3) is 10.9 Å². The van der Waals surface area contributed by atoms with Gasteiger partial charge in [-0.1, -0.05) is 42.0 Å². The number of amides is 1. The van der Waals surface area contributed by atoms with E-state index in [4.69, 9.17) is 0 Å². The number of carbonyl (C=O) groups excluding carboxylic acids is 1. The predicted molar refractivity (Wildman–Crippen MR) is 122 cm³/mol. The van der Waals surface area contributed by atoms with Crippen LogP contribution in [-0.2, 0) is 17.1 Å². The van der Waals surface area contributed by atoms with Crippen molar-refractivity contribution in [1.29, 1.82) is 0 Å². The summed E-state index contributed by atoms with van der Waals surface area (Å²) in [4.78, 5) is 20.6. The molecule has 1 heterocycles. The van der Waals surface area contributed by atoms with Crippen LogP contribution in [0.1, 0.15) is 49.6 Å². The molecule has 0 spiro atoms. The van der Waals surface area contributed by atoms with Crippen molar-refractivity contribution in [3.05, 3.63) is 65.5 Å². The van der Waals surface area contributed by atoms with Crippen molar-refractivity contribution in [1.82, 2.24) is 15.3 Å². The van der Waals surface area contributed by atoms with E-state index in [1.54, 1.807) is 12.1 Å². The predicted octanol–water partition coefficient (Wildman–Crippen LogP) is 5.13. The van der Waals surface area contributed by atoms with E-state index in [1.165, 1.54) is 5.56 Å². The van der Waals surface area contributed by atoms with Crippen molar-refractivity contribution >= 4 is 22.6 Å². The van der Waals surface area contributed by atoms with Crippen molar-refractivity contribution < 1.29 is 13.6 Å². The summed E-state index contributed by atoms with van der Waals surface area (Å²) < 4.78 is 27.8. The Balaban J connectivity index is 1.36. The van der Waals surface area contributed by atoms with Crippen LogP contribution < -0.4 is 10.6 Å². The molecule has 3 aromatic rings. The quantitative estimate of drug-likeness (QED) is 0.560. The van der Waals surface area contributed by atoms with Crippen molar-refractivity contribution in [3.63, 3.8) is 0 Å². The highest BCUT2D eigenvalue weighted by atomic mass is 19.3. The molecular weight excluding hydrogens is 410 g/mol. The fraction of sp³-hybridized carbons (Fsp3) is 0.400. The highest BCUT2D eigenvalue weighted by Crippen LogP contribution is 2.30. The van der Waals surface area contributed by atoms with Crippen molar-refractivity contribution in [2.24, 2.45) is 0 Å². The van der Waals surface area contributed by atoms with Crippen molar-refractivity contribution in [3.8, 4) is 0 Å². The van der Waals surface area contributed by atoms with Crippen LogP contribution in [0, 0.1) is 6.92 Å². The normalized spacial score (nSPS) is 19.0. The van der Waals surface area contributed by atoms with E-state index in [-0.39, 0.29) is 18.0 Å². The van der Waals surface area contributed by atoms with Crippen LogP contribution in [-0.4, -0.2) is 28.0 Å². The van der Waals surface area contributed by atoms with Crippen LogP contribution in [0.4, 0.5) is 14.6 Å². The number of benzene rings is 2. The zero-order chi connectivity index (χ0) is 22.7. The first-order chi connectivity index (χ1) is 15.3. The van der Waals surface area contributed by atoms with Crippen LogP contribution in [0.5, 0.6) is 0 Å². The Morgan fingerprint density at radius 3 is 2.34 bits per heavy atom. The molecule has 1 aliphatic carbocycles. The van der Waals surface area contributed by atoms with Crippen LogP contribution in [0.15, 0.2) is 48.5 Å². The number of aryl methyl sites for hydroxylation is 1. The van der Waals surface area contributed by atoms with Gasteiger partial charge in [-0.25, -0.2) is 9.97 Å². The van der Waals surface area contributed by atoms with Crippen LogP contribution in [0.3, 0.4) is 0 Å². The zero-order valence-electron chi connectivity index (χ0n) is 18.4. The maximum Gasteiger partial charge on any atom is 0.303 e. The molecule has 5 nitrogen and oxygen atoms in total. The van der Waals surface area contributed by atoms with E-state index >= 15 is 0 Å². The number of carbonyl (C=O) groups is 1. The molecule has 4 rings (SSSR count). The monoisotopic (exact) mass is 438 g/mol. The minimum atomic E-state index is -3.11. The summed E-state index contributed by atoms with van der Waals surface area (Å²) in [6, 6.07) is 15.4. The number of halogens is 2. The first-order valence-electron chi connectivity index (χ1n) is 11.0. The lowest BCUT2D eigenvalue weighted by atomic mass is 9.91. The van der Waals surface area contributed by atoms with Gasteiger partial charge >= 0.3 is 5.92 Å². The van der Waals surface area contributed by atoms with Gasteiger partial charge in [0, 0.05) is 24.4 Å². The maximum atomic E-state index is 13.9. The van der Waals surface area contributed by atoms with Gasteiger partial charge in [0.05, 0.1) is 11.9 Å². The lowest BCUT2D eigenvalue weighted by molar-refractivity contribution is -0.121. The largest absolute Gasteiger partial charge is 0.367 e. The molecule has 2 aromatic carbocycles. The second kappa shape index (κ2) is 9.18. The van der Waals surface area contributed by atoms with E-state index in [1.807, 2.05) is 43.3 Å². The van der Waals surface area contributed by atoms with E-state index in [9.17, 15) is 13.6 Å². The smallest absolute Gasteiger partial charge is 0.303 e. The molecule has 1 amide bonds. The number of fused-ring (bicyclic) bond motifs is 1. The molecule has 1 fully saturated rings. The number of hydrogen-bond acceptors (Lipinski definition) is 4. The molecule has 0 radical (unpaired) electrons. The topological polar surface area (TPSA) is 66.9 Å². The molecule has 0 atom stereocenters. The van der Waals surface area contributed by atoms with Gasteiger partial charge in [-0.3, -0.25) is 4.79 Å². The number of rotatable bonds is 6. The summed E-state index contributed by atoms with van der Waals surface area (Å²) in [5, 5.41) is 7.22. The third-order valence-electron chi connectivity index (χ3n) is 5.91. The lowest BCUT2D eigenvalue weighted by Gasteiger charge is -2.30. The average Bonchev–Trinajstić information content (AvgIpc) is 2.76. The maximum absolute atomic E-state index is 13.9. The SMILES string of the molecule is Cc1ccc(CC(=O)NC2CCC(Nc3nc(C(C)(F)F)nc4ccccc34)CC2)cc1. The summed E-state index contributed by atoms with van der Waals surface area (Å²) in [6.45, 7) is 2.83. The second-order valence-corrected chi connectivity index (χ2v) is 8.72. The van der Waals surface area contributed by atoms with Crippen molar-refractivity contribution in [2.75, 3.05) is 5.32 Å². The molecule has 7 heteroatoms. The van der Waals surface area contributed by atoms with E-state index in [0.717, 1.165) is 43.6 Å². The van der Waals surface area contributed by atoms with Gasteiger partial charge in [0.2, 0.25) is 11.7 Å². The number of nitrogens with zero attached hydrogens (tertiary/aromatic N) is 2. The number of anilines is 1. The Bertz CT molecular complexity index is 1090. The number of aromatic nitrogens is 2. The van der Waals surface area contributed by atoms with Gasteiger partial charge in [-0.2, -0.15) is 8.78 Å². The fourth-order valence-electron chi connectivity index (χ4n) is 4.13. The molecule has 0 aliphatic heterocycles.